The lowest BCUT2D eigenvalue weighted by molar-refractivity contribution is -0.131. The number of benzene rings is 2. The average Bonchev–Trinajstić information content (AvgIpc) is 3.26. The Morgan fingerprint density at radius 2 is 1.88 bits per heavy atom. The summed E-state index contributed by atoms with van der Waals surface area (Å²) < 4.78 is 13.5. The first-order valence-corrected chi connectivity index (χ1v) is 11.0. The molecule has 32 heavy (non-hydrogen) atoms. The zero-order valence-corrected chi connectivity index (χ0v) is 19.1. The van der Waals surface area contributed by atoms with Crippen LogP contribution in [0.15, 0.2) is 48.7 Å². The quantitative estimate of drug-likeness (QED) is 0.577. The first-order valence-electron chi connectivity index (χ1n) is 11.0. The molecular weight excluding hydrogens is 403 g/mol. The Bertz CT molecular complexity index is 1130. The Hall–Kier alpha value is -3.28. The Balaban J connectivity index is 1.68. The fourth-order valence-electron chi connectivity index (χ4n) is 4.25. The highest BCUT2D eigenvalue weighted by molar-refractivity contribution is 5.80. The molecule has 6 heteroatoms. The van der Waals surface area contributed by atoms with Gasteiger partial charge >= 0.3 is 0 Å². The number of amides is 1. The molecule has 1 saturated heterocycles. The zero-order chi connectivity index (χ0) is 22.8. The minimum absolute atomic E-state index is 0.103. The number of nitrogens with zero attached hydrogens (tertiary/aromatic N) is 4. The Labute approximate surface area is 188 Å². The van der Waals surface area contributed by atoms with Gasteiger partial charge in [-0.2, -0.15) is 0 Å². The van der Waals surface area contributed by atoms with Crippen molar-refractivity contribution >= 4 is 11.9 Å². The van der Waals surface area contributed by atoms with Crippen LogP contribution >= 0.6 is 0 Å². The lowest BCUT2D eigenvalue weighted by Gasteiger charge is -2.27. The summed E-state index contributed by atoms with van der Waals surface area (Å²) in [6.45, 7) is 4.85. The zero-order valence-electron chi connectivity index (χ0n) is 19.1. The molecule has 0 bridgehead atoms. The summed E-state index contributed by atoms with van der Waals surface area (Å²) in [5.41, 5.74) is 5.95. The second-order valence-corrected chi connectivity index (χ2v) is 8.71. The van der Waals surface area contributed by atoms with Gasteiger partial charge in [-0.3, -0.25) is 4.79 Å². The number of carbonyl (C=O) groups excluding carboxylic acids is 1. The fourth-order valence-corrected chi connectivity index (χ4v) is 4.25. The van der Waals surface area contributed by atoms with Crippen LogP contribution in [0.2, 0.25) is 0 Å². The summed E-state index contributed by atoms with van der Waals surface area (Å²) in [5.74, 6) is 0.414. The van der Waals surface area contributed by atoms with Crippen LogP contribution in [0.25, 0.3) is 11.1 Å². The standard InChI is InChI=1S/C26H29FN4O/c1-17-7-8-19(14-18(17)2)15-24(32)31-13-5-6-23(31)25-22(16-28-26(29-25)30(3)4)20-9-11-21(27)12-10-20/h7-12,14,16,23H,5-6,13,15H2,1-4H3. The van der Waals surface area contributed by atoms with Crippen molar-refractivity contribution < 1.29 is 9.18 Å². The highest BCUT2D eigenvalue weighted by Crippen LogP contribution is 2.37. The predicted octanol–water partition coefficient (Wildman–Crippen LogP) is 4.87. The number of hydrogen-bond donors (Lipinski definition) is 0. The molecule has 166 valence electrons. The maximum atomic E-state index is 13.5. The molecule has 0 radical (unpaired) electrons. The van der Waals surface area contributed by atoms with Crippen LogP contribution in [-0.4, -0.2) is 41.4 Å². The van der Waals surface area contributed by atoms with Gasteiger partial charge in [0.25, 0.3) is 0 Å². The fraction of sp³-hybridized carbons (Fsp3) is 0.346. The molecule has 0 spiro atoms. The van der Waals surface area contributed by atoms with Crippen LogP contribution in [0.5, 0.6) is 0 Å². The molecule has 1 aliphatic rings. The van der Waals surface area contributed by atoms with Crippen LogP contribution in [-0.2, 0) is 11.2 Å². The normalized spacial score (nSPS) is 15.8. The number of aromatic nitrogens is 2. The van der Waals surface area contributed by atoms with Crippen molar-refractivity contribution in [3.63, 3.8) is 0 Å². The molecule has 2 aromatic carbocycles. The van der Waals surface area contributed by atoms with Crippen molar-refractivity contribution in [2.24, 2.45) is 0 Å². The Morgan fingerprint density at radius 1 is 1.12 bits per heavy atom. The largest absolute Gasteiger partial charge is 0.347 e. The number of rotatable bonds is 5. The minimum atomic E-state index is -0.285. The first kappa shape index (κ1) is 21.9. The third kappa shape index (κ3) is 4.49. The van der Waals surface area contributed by atoms with Crippen molar-refractivity contribution in [1.82, 2.24) is 14.9 Å². The Kier molecular flexibility index (Phi) is 6.21. The van der Waals surface area contributed by atoms with Crippen molar-refractivity contribution in [2.75, 3.05) is 25.5 Å². The molecule has 2 heterocycles. The van der Waals surface area contributed by atoms with Gasteiger partial charge in [-0.1, -0.05) is 30.3 Å². The number of halogens is 1. The van der Waals surface area contributed by atoms with Crippen molar-refractivity contribution in [2.45, 2.75) is 39.2 Å². The van der Waals surface area contributed by atoms with Gasteiger partial charge in [0.1, 0.15) is 5.82 Å². The van der Waals surface area contributed by atoms with Crippen LogP contribution in [0.4, 0.5) is 10.3 Å². The van der Waals surface area contributed by atoms with Gasteiger partial charge in [0.2, 0.25) is 11.9 Å². The number of aryl methyl sites for hydroxylation is 2. The highest BCUT2D eigenvalue weighted by Gasteiger charge is 2.33. The Morgan fingerprint density at radius 3 is 2.56 bits per heavy atom. The molecule has 1 atom stereocenters. The summed E-state index contributed by atoms with van der Waals surface area (Å²) in [7, 11) is 3.79. The number of hydrogen-bond acceptors (Lipinski definition) is 4. The lowest BCUT2D eigenvalue weighted by Crippen LogP contribution is -2.33. The van der Waals surface area contributed by atoms with Crippen molar-refractivity contribution in [3.8, 4) is 11.1 Å². The van der Waals surface area contributed by atoms with Crippen molar-refractivity contribution in [1.29, 1.82) is 0 Å². The third-order valence-electron chi connectivity index (χ3n) is 6.18. The van der Waals surface area contributed by atoms with Gasteiger partial charge in [-0.25, -0.2) is 14.4 Å². The van der Waals surface area contributed by atoms with Crippen LogP contribution in [0.3, 0.4) is 0 Å². The number of carbonyl (C=O) groups is 1. The molecule has 4 rings (SSSR count). The predicted molar refractivity (Wildman–Crippen MR) is 125 cm³/mol. The number of likely N-dealkylation sites (tertiary alicyclic amines) is 1. The van der Waals surface area contributed by atoms with E-state index in [-0.39, 0.29) is 17.8 Å². The van der Waals surface area contributed by atoms with E-state index in [9.17, 15) is 9.18 Å². The van der Waals surface area contributed by atoms with Crippen LogP contribution < -0.4 is 4.90 Å². The van der Waals surface area contributed by atoms with E-state index in [0.717, 1.165) is 35.2 Å². The lowest BCUT2D eigenvalue weighted by atomic mass is 9.99. The maximum absolute atomic E-state index is 13.5. The molecule has 1 fully saturated rings. The molecule has 3 aromatic rings. The molecule has 5 nitrogen and oxygen atoms in total. The molecule has 1 aliphatic heterocycles. The van der Waals surface area contributed by atoms with E-state index in [1.807, 2.05) is 30.0 Å². The first-order chi connectivity index (χ1) is 15.3. The van der Waals surface area contributed by atoms with Gasteiger partial charge in [0.15, 0.2) is 0 Å². The van der Waals surface area contributed by atoms with Gasteiger partial charge in [0.05, 0.1) is 18.2 Å². The van der Waals surface area contributed by atoms with E-state index >= 15 is 0 Å². The molecule has 0 aliphatic carbocycles. The monoisotopic (exact) mass is 432 g/mol. The second-order valence-electron chi connectivity index (χ2n) is 8.71. The smallest absolute Gasteiger partial charge is 0.227 e. The summed E-state index contributed by atoms with van der Waals surface area (Å²) in [6.07, 6.45) is 3.93. The van der Waals surface area contributed by atoms with E-state index < -0.39 is 0 Å². The minimum Gasteiger partial charge on any atom is -0.347 e. The van der Waals surface area contributed by atoms with Crippen LogP contribution in [0.1, 0.15) is 41.3 Å². The molecule has 1 unspecified atom stereocenters. The summed E-state index contributed by atoms with van der Waals surface area (Å²) in [4.78, 5) is 26.5. The van der Waals surface area contributed by atoms with E-state index in [1.165, 1.54) is 23.3 Å². The van der Waals surface area contributed by atoms with Gasteiger partial charge in [-0.15, -0.1) is 0 Å². The van der Waals surface area contributed by atoms with Crippen LogP contribution in [0, 0.1) is 19.7 Å². The molecule has 0 saturated carbocycles. The average molecular weight is 433 g/mol. The molecule has 1 aromatic heterocycles. The number of anilines is 1. The van der Waals surface area contributed by atoms with Gasteiger partial charge in [-0.05, 0) is 61.1 Å². The van der Waals surface area contributed by atoms with Gasteiger partial charge in [0, 0.05) is 32.4 Å². The molecule has 1 amide bonds. The van der Waals surface area contributed by atoms with E-state index in [1.54, 1.807) is 18.3 Å². The third-order valence-corrected chi connectivity index (χ3v) is 6.18. The topological polar surface area (TPSA) is 49.3 Å². The van der Waals surface area contributed by atoms with E-state index in [4.69, 9.17) is 4.98 Å². The maximum Gasteiger partial charge on any atom is 0.227 e. The van der Waals surface area contributed by atoms with Gasteiger partial charge < -0.3 is 9.80 Å². The summed E-state index contributed by atoms with van der Waals surface area (Å²) >= 11 is 0. The second kappa shape index (κ2) is 9.07. The van der Waals surface area contributed by atoms with E-state index in [0.29, 0.717) is 18.9 Å². The van der Waals surface area contributed by atoms with E-state index in [2.05, 4.69) is 31.0 Å². The summed E-state index contributed by atoms with van der Waals surface area (Å²) in [5, 5.41) is 0. The molecule has 0 N–H and O–H groups in total. The molecular formula is C26H29FN4O. The summed E-state index contributed by atoms with van der Waals surface area (Å²) in [6, 6.07) is 12.4. The van der Waals surface area contributed by atoms with Crippen molar-refractivity contribution in [3.05, 3.63) is 76.9 Å². The highest BCUT2D eigenvalue weighted by atomic mass is 19.1. The SMILES string of the molecule is Cc1ccc(CC(=O)N2CCCC2c2nc(N(C)C)ncc2-c2ccc(F)cc2)cc1C.